The summed E-state index contributed by atoms with van der Waals surface area (Å²) in [7, 11) is 0. The van der Waals surface area contributed by atoms with Gasteiger partial charge < -0.3 is 15.6 Å². The molecule has 0 saturated carbocycles. The number of rotatable bonds is 5. The molecule has 1 radical (unpaired) electrons. The fourth-order valence-electron chi connectivity index (χ4n) is 2.62. The first-order valence-corrected chi connectivity index (χ1v) is 6.88. The van der Waals surface area contributed by atoms with Crippen LogP contribution in [-0.2, 0) is 32.7 Å². The third kappa shape index (κ3) is 5.10. The summed E-state index contributed by atoms with van der Waals surface area (Å²) < 4.78 is 2.08. The Morgan fingerprint density at radius 3 is 2.94 bits per heavy atom. The molecule has 0 aliphatic carbocycles. The summed E-state index contributed by atoms with van der Waals surface area (Å²) in [6.45, 7) is 8.28. The van der Waals surface area contributed by atoms with E-state index < -0.39 is 0 Å². The molecule has 1 aliphatic heterocycles. The SMILES string of the molecule is CC(C)CCCN1CCCC(n2c[c-]cn2)C1.[Y]. The molecule has 18 heavy (non-hydrogen) atoms. The molecule has 0 aromatic carbocycles. The van der Waals surface area contributed by atoms with Gasteiger partial charge in [0.05, 0.1) is 6.04 Å². The van der Waals surface area contributed by atoms with E-state index in [-0.39, 0.29) is 32.7 Å². The van der Waals surface area contributed by atoms with E-state index in [1.54, 1.807) is 6.20 Å². The largest absolute Gasteiger partial charge is 0.432 e. The molecule has 3 nitrogen and oxygen atoms in total. The van der Waals surface area contributed by atoms with Gasteiger partial charge in [0, 0.05) is 39.3 Å². The van der Waals surface area contributed by atoms with E-state index >= 15 is 0 Å². The molecule has 0 amide bonds. The molecule has 2 heterocycles. The van der Waals surface area contributed by atoms with Crippen LogP contribution in [-0.4, -0.2) is 34.3 Å². The number of hydrogen-bond donors (Lipinski definition) is 0. The second kappa shape index (κ2) is 8.45. The molecular formula is C14H24N3Y-. The second-order valence-corrected chi connectivity index (χ2v) is 5.55. The van der Waals surface area contributed by atoms with Crippen molar-refractivity contribution in [2.75, 3.05) is 19.6 Å². The smallest absolute Gasteiger partial charge is 0.0612 e. The van der Waals surface area contributed by atoms with Crippen LogP contribution < -0.4 is 0 Å². The Balaban J connectivity index is 0.00000162. The fraction of sp³-hybridized carbons (Fsp3) is 0.786. The summed E-state index contributed by atoms with van der Waals surface area (Å²) in [4.78, 5) is 2.60. The van der Waals surface area contributed by atoms with Gasteiger partial charge in [-0.15, -0.1) is 6.20 Å². The molecule has 1 aliphatic rings. The molecule has 2 rings (SSSR count). The van der Waals surface area contributed by atoms with Gasteiger partial charge in [-0.25, -0.2) is 5.10 Å². The van der Waals surface area contributed by atoms with Gasteiger partial charge in [-0.2, -0.15) is 6.20 Å². The van der Waals surface area contributed by atoms with Crippen LogP contribution in [0.2, 0.25) is 0 Å². The molecule has 0 N–H and O–H groups in total. The van der Waals surface area contributed by atoms with Gasteiger partial charge in [-0.05, 0) is 44.7 Å². The van der Waals surface area contributed by atoms with Crippen LogP contribution in [0.25, 0.3) is 0 Å². The normalized spacial score (nSPS) is 20.9. The topological polar surface area (TPSA) is 21.1 Å². The van der Waals surface area contributed by atoms with Crippen molar-refractivity contribution in [2.45, 2.75) is 45.6 Å². The van der Waals surface area contributed by atoms with Crippen LogP contribution in [0.5, 0.6) is 0 Å². The number of likely N-dealkylation sites (tertiary alicyclic amines) is 1. The summed E-state index contributed by atoms with van der Waals surface area (Å²) in [5.74, 6) is 0.830. The zero-order valence-corrected chi connectivity index (χ0v) is 14.5. The predicted molar refractivity (Wildman–Crippen MR) is 69.8 cm³/mol. The molecule has 1 aromatic heterocycles. The Hall–Kier alpha value is 0.274. The fourth-order valence-corrected chi connectivity index (χ4v) is 2.62. The van der Waals surface area contributed by atoms with Gasteiger partial charge in [0.1, 0.15) is 0 Å². The Bertz CT molecular complexity index is 311. The van der Waals surface area contributed by atoms with Crippen LogP contribution >= 0.6 is 0 Å². The van der Waals surface area contributed by atoms with Crippen molar-refractivity contribution in [1.82, 2.24) is 14.7 Å². The van der Waals surface area contributed by atoms with Gasteiger partial charge >= 0.3 is 0 Å². The molecule has 1 fully saturated rings. The minimum absolute atomic E-state index is 0. The van der Waals surface area contributed by atoms with E-state index in [1.807, 2.05) is 6.20 Å². The molecule has 0 spiro atoms. The van der Waals surface area contributed by atoms with Crippen LogP contribution in [0.15, 0.2) is 12.4 Å². The Kier molecular flexibility index (Phi) is 7.66. The van der Waals surface area contributed by atoms with E-state index in [2.05, 4.69) is 34.6 Å². The average Bonchev–Trinajstić information content (AvgIpc) is 2.82. The summed E-state index contributed by atoms with van der Waals surface area (Å²) in [5, 5.41) is 4.32. The third-order valence-corrected chi connectivity index (χ3v) is 3.58. The molecule has 1 unspecified atom stereocenters. The summed E-state index contributed by atoms with van der Waals surface area (Å²) in [5.41, 5.74) is 0. The summed E-state index contributed by atoms with van der Waals surface area (Å²) in [6.07, 6.45) is 8.97. The van der Waals surface area contributed by atoms with Gasteiger partial charge in [0.2, 0.25) is 0 Å². The predicted octanol–water partition coefficient (Wildman–Crippen LogP) is 2.75. The molecule has 4 heteroatoms. The van der Waals surface area contributed by atoms with Crippen molar-refractivity contribution in [1.29, 1.82) is 0 Å². The maximum Gasteiger partial charge on any atom is 0.0612 e. The first kappa shape index (κ1) is 16.3. The number of nitrogens with zero attached hydrogens (tertiary/aromatic N) is 3. The van der Waals surface area contributed by atoms with Crippen molar-refractivity contribution >= 4 is 0 Å². The molecule has 0 bridgehead atoms. The van der Waals surface area contributed by atoms with Crippen molar-refractivity contribution in [3.8, 4) is 0 Å². The molecule has 1 atom stereocenters. The van der Waals surface area contributed by atoms with E-state index in [0.29, 0.717) is 6.04 Å². The van der Waals surface area contributed by atoms with Gasteiger partial charge in [0.25, 0.3) is 0 Å². The van der Waals surface area contributed by atoms with Crippen LogP contribution in [0, 0.1) is 12.0 Å². The van der Waals surface area contributed by atoms with Crippen molar-refractivity contribution in [2.24, 2.45) is 5.92 Å². The quantitative estimate of drug-likeness (QED) is 0.777. The van der Waals surface area contributed by atoms with Crippen molar-refractivity contribution in [3.63, 3.8) is 0 Å². The van der Waals surface area contributed by atoms with Crippen molar-refractivity contribution in [3.05, 3.63) is 18.5 Å². The molecule has 1 aromatic rings. The van der Waals surface area contributed by atoms with Gasteiger partial charge in [-0.3, -0.25) is 0 Å². The molecular weight excluding hydrogens is 299 g/mol. The first-order chi connectivity index (χ1) is 8.25. The van der Waals surface area contributed by atoms with Crippen LogP contribution in [0.3, 0.4) is 0 Å². The van der Waals surface area contributed by atoms with E-state index in [1.165, 1.54) is 38.8 Å². The van der Waals surface area contributed by atoms with Gasteiger partial charge in [0.15, 0.2) is 0 Å². The minimum atomic E-state index is 0. The Morgan fingerprint density at radius 2 is 2.28 bits per heavy atom. The second-order valence-electron chi connectivity index (χ2n) is 5.55. The average molecular weight is 323 g/mol. The van der Waals surface area contributed by atoms with E-state index in [9.17, 15) is 0 Å². The third-order valence-electron chi connectivity index (χ3n) is 3.58. The maximum atomic E-state index is 4.32. The standard InChI is InChI=1S/C14H24N3.Y/c1-13(2)6-3-9-16-10-4-7-14(12-16)17-11-5-8-15-17;/h8,11,13-14H,3-4,6-7,9-10,12H2,1-2H3;/q-1;. The molecule has 1 saturated heterocycles. The van der Waals surface area contributed by atoms with Gasteiger partial charge in [-0.1, -0.05) is 13.8 Å². The van der Waals surface area contributed by atoms with Crippen molar-refractivity contribution < 1.29 is 32.7 Å². The monoisotopic (exact) mass is 323 g/mol. The number of aromatic nitrogens is 2. The minimum Gasteiger partial charge on any atom is -0.432 e. The van der Waals surface area contributed by atoms with E-state index in [4.69, 9.17) is 0 Å². The van der Waals surface area contributed by atoms with E-state index in [0.717, 1.165) is 12.5 Å². The van der Waals surface area contributed by atoms with Crippen LogP contribution in [0.4, 0.5) is 0 Å². The zero-order chi connectivity index (χ0) is 12.1. The Morgan fingerprint density at radius 1 is 1.44 bits per heavy atom. The first-order valence-electron chi connectivity index (χ1n) is 6.88. The zero-order valence-electron chi connectivity index (χ0n) is 11.7. The molecule has 99 valence electrons. The summed E-state index contributed by atoms with van der Waals surface area (Å²) >= 11 is 0. The maximum absolute atomic E-state index is 4.32. The Labute approximate surface area is 136 Å². The number of hydrogen-bond acceptors (Lipinski definition) is 2. The summed E-state index contributed by atoms with van der Waals surface area (Å²) in [6, 6.07) is 3.60. The van der Waals surface area contributed by atoms with Crippen LogP contribution in [0.1, 0.15) is 45.6 Å². The number of piperidine rings is 1.